The monoisotopic (exact) mass is 313 g/mol. The average Bonchev–Trinajstić information content (AvgIpc) is 2.45. The largest absolute Gasteiger partial charge is 0.277 e. The Bertz CT molecular complexity index is 593. The molecule has 117 valence electrons. The Morgan fingerprint density at radius 1 is 0.591 bits per heavy atom. The van der Waals surface area contributed by atoms with Gasteiger partial charge >= 0.3 is 0 Å². The van der Waals surface area contributed by atoms with E-state index in [1.54, 1.807) is 0 Å². The number of benzene rings is 2. The van der Waals surface area contributed by atoms with E-state index >= 15 is 0 Å². The standard InChI is InChI=1S/C20H26OP/c1-19(2,3)15-7-11-17(12-8-15)22(21)18-13-9-16(10-14-18)20(4,5)6/h7-14H,1-6H3. The van der Waals surface area contributed by atoms with Gasteiger partial charge in [0, 0.05) is 10.6 Å². The van der Waals surface area contributed by atoms with E-state index in [9.17, 15) is 4.57 Å². The summed E-state index contributed by atoms with van der Waals surface area (Å²) in [5.41, 5.74) is 2.78. The lowest BCUT2D eigenvalue weighted by atomic mass is 9.87. The number of rotatable bonds is 2. The summed E-state index contributed by atoms with van der Waals surface area (Å²) < 4.78 is 12.7. The van der Waals surface area contributed by atoms with Crippen LogP contribution in [-0.2, 0) is 15.4 Å². The van der Waals surface area contributed by atoms with Gasteiger partial charge < -0.3 is 0 Å². The Kier molecular flexibility index (Phi) is 4.59. The molecule has 22 heavy (non-hydrogen) atoms. The van der Waals surface area contributed by atoms with Crippen molar-refractivity contribution in [1.82, 2.24) is 0 Å². The minimum Gasteiger partial charge on any atom is -0.277 e. The van der Waals surface area contributed by atoms with Crippen LogP contribution >= 0.6 is 7.80 Å². The van der Waals surface area contributed by atoms with Gasteiger partial charge in [-0.1, -0.05) is 65.8 Å². The lowest BCUT2D eigenvalue weighted by Crippen LogP contribution is -2.14. The molecule has 0 atom stereocenters. The molecule has 0 saturated carbocycles. The van der Waals surface area contributed by atoms with Crippen LogP contribution in [0, 0.1) is 0 Å². The van der Waals surface area contributed by atoms with E-state index in [1.807, 2.05) is 24.3 Å². The van der Waals surface area contributed by atoms with E-state index in [2.05, 4.69) is 65.8 Å². The fourth-order valence-corrected chi connectivity index (χ4v) is 3.48. The van der Waals surface area contributed by atoms with Gasteiger partial charge in [0.1, 0.15) is 7.80 Å². The van der Waals surface area contributed by atoms with Crippen molar-refractivity contribution in [2.24, 2.45) is 0 Å². The topological polar surface area (TPSA) is 17.1 Å². The van der Waals surface area contributed by atoms with E-state index in [0.29, 0.717) is 0 Å². The van der Waals surface area contributed by atoms with Gasteiger partial charge in [-0.25, -0.2) is 0 Å². The van der Waals surface area contributed by atoms with Crippen LogP contribution in [0.15, 0.2) is 48.5 Å². The highest BCUT2D eigenvalue weighted by molar-refractivity contribution is 7.61. The summed E-state index contributed by atoms with van der Waals surface area (Å²) in [6.45, 7) is 13.1. The Labute approximate surface area is 135 Å². The SMILES string of the molecule is CC(C)(C)c1ccc([P](=O)c2ccc(C(C)(C)C)cc2)cc1. The molecule has 2 aromatic carbocycles. The fraction of sp³-hybridized carbons (Fsp3) is 0.400. The summed E-state index contributed by atoms with van der Waals surface area (Å²) in [5, 5.41) is 1.79. The average molecular weight is 313 g/mol. The van der Waals surface area contributed by atoms with Gasteiger partial charge in [0.25, 0.3) is 0 Å². The van der Waals surface area contributed by atoms with Crippen molar-refractivity contribution in [3.63, 3.8) is 0 Å². The summed E-state index contributed by atoms with van der Waals surface area (Å²) in [6.07, 6.45) is 0. The minimum absolute atomic E-state index is 0.124. The molecule has 0 aliphatic carbocycles. The molecule has 0 aliphatic rings. The summed E-state index contributed by atoms with van der Waals surface area (Å²) in [4.78, 5) is 0. The zero-order valence-corrected chi connectivity index (χ0v) is 15.4. The highest BCUT2D eigenvalue weighted by atomic mass is 31.1. The molecule has 0 spiro atoms. The van der Waals surface area contributed by atoms with Gasteiger partial charge in [-0.2, -0.15) is 0 Å². The van der Waals surface area contributed by atoms with Crippen LogP contribution in [0.5, 0.6) is 0 Å². The van der Waals surface area contributed by atoms with Crippen LogP contribution in [-0.4, -0.2) is 0 Å². The molecule has 0 aliphatic heterocycles. The first-order valence-corrected chi connectivity index (χ1v) is 9.03. The second-order valence-electron chi connectivity index (χ2n) is 7.89. The molecule has 0 unspecified atom stereocenters. The molecule has 1 radical (unpaired) electrons. The zero-order chi connectivity index (χ0) is 16.5. The second kappa shape index (κ2) is 5.97. The van der Waals surface area contributed by atoms with Crippen LogP contribution in [0.1, 0.15) is 52.7 Å². The summed E-state index contributed by atoms with van der Waals surface area (Å²) in [7, 11) is -1.52. The molecule has 0 fully saturated rings. The van der Waals surface area contributed by atoms with E-state index in [4.69, 9.17) is 0 Å². The van der Waals surface area contributed by atoms with Crippen molar-refractivity contribution in [2.75, 3.05) is 0 Å². The van der Waals surface area contributed by atoms with Crippen LogP contribution in [0.25, 0.3) is 0 Å². The van der Waals surface area contributed by atoms with Crippen molar-refractivity contribution >= 4 is 18.4 Å². The van der Waals surface area contributed by atoms with E-state index < -0.39 is 7.80 Å². The molecule has 0 saturated heterocycles. The number of hydrogen-bond acceptors (Lipinski definition) is 1. The Morgan fingerprint density at radius 3 is 1.09 bits per heavy atom. The molecule has 1 nitrogen and oxygen atoms in total. The van der Waals surface area contributed by atoms with E-state index in [1.165, 1.54) is 11.1 Å². The van der Waals surface area contributed by atoms with Gasteiger partial charge in [0.15, 0.2) is 0 Å². The maximum atomic E-state index is 12.7. The molecule has 0 amide bonds. The molecule has 0 aromatic heterocycles. The van der Waals surface area contributed by atoms with Crippen molar-refractivity contribution in [3.8, 4) is 0 Å². The molecular weight excluding hydrogens is 287 g/mol. The fourth-order valence-electron chi connectivity index (χ4n) is 2.34. The quantitative estimate of drug-likeness (QED) is 0.708. The maximum Gasteiger partial charge on any atom is 0.136 e. The smallest absolute Gasteiger partial charge is 0.136 e. The normalized spacial score (nSPS) is 12.3. The third-order valence-electron chi connectivity index (χ3n) is 3.94. The van der Waals surface area contributed by atoms with Crippen LogP contribution in [0.2, 0.25) is 0 Å². The van der Waals surface area contributed by atoms with Gasteiger partial charge in [0.2, 0.25) is 0 Å². The lowest BCUT2D eigenvalue weighted by molar-refractivity contribution is 0.589. The summed E-state index contributed by atoms with van der Waals surface area (Å²) >= 11 is 0. The Balaban J connectivity index is 2.25. The van der Waals surface area contributed by atoms with Crippen molar-refractivity contribution in [1.29, 1.82) is 0 Å². The van der Waals surface area contributed by atoms with Gasteiger partial charge in [-0.15, -0.1) is 0 Å². The molecule has 0 bridgehead atoms. The van der Waals surface area contributed by atoms with Gasteiger partial charge in [-0.3, -0.25) is 4.57 Å². The van der Waals surface area contributed by atoms with Gasteiger partial charge in [0.05, 0.1) is 0 Å². The molecule has 2 rings (SSSR count). The maximum absolute atomic E-state index is 12.7. The highest BCUT2D eigenvalue weighted by Gasteiger charge is 2.16. The molecular formula is C20H26OP. The molecule has 0 heterocycles. The van der Waals surface area contributed by atoms with Crippen molar-refractivity contribution < 1.29 is 4.57 Å². The predicted octanol–water partition coefficient (Wildman–Crippen LogP) is 5.06. The molecule has 2 heteroatoms. The number of hydrogen-bond donors (Lipinski definition) is 0. The third-order valence-corrected chi connectivity index (χ3v) is 5.47. The lowest BCUT2D eigenvalue weighted by Gasteiger charge is -2.19. The van der Waals surface area contributed by atoms with E-state index in [-0.39, 0.29) is 10.8 Å². The highest BCUT2D eigenvalue weighted by Crippen LogP contribution is 2.26. The first kappa shape index (κ1) is 16.9. The second-order valence-corrected chi connectivity index (χ2v) is 9.51. The van der Waals surface area contributed by atoms with E-state index in [0.717, 1.165) is 10.6 Å². The first-order chi connectivity index (χ1) is 10.1. The van der Waals surface area contributed by atoms with Crippen molar-refractivity contribution in [3.05, 3.63) is 59.7 Å². The minimum atomic E-state index is -1.52. The third kappa shape index (κ3) is 3.84. The summed E-state index contributed by atoms with van der Waals surface area (Å²) in [5.74, 6) is 0. The van der Waals surface area contributed by atoms with Gasteiger partial charge in [-0.05, 0) is 46.2 Å². The molecule has 2 aromatic rings. The van der Waals surface area contributed by atoms with Crippen LogP contribution in [0.4, 0.5) is 0 Å². The zero-order valence-electron chi connectivity index (χ0n) is 14.5. The van der Waals surface area contributed by atoms with Crippen LogP contribution in [0.3, 0.4) is 0 Å². The Hall–Kier alpha value is -1.46. The molecule has 0 N–H and O–H groups in total. The Morgan fingerprint density at radius 2 is 0.864 bits per heavy atom. The predicted molar refractivity (Wildman–Crippen MR) is 97.2 cm³/mol. The van der Waals surface area contributed by atoms with Crippen LogP contribution < -0.4 is 10.6 Å². The van der Waals surface area contributed by atoms with Crippen molar-refractivity contribution in [2.45, 2.75) is 52.4 Å². The summed E-state index contributed by atoms with van der Waals surface area (Å²) in [6, 6.07) is 16.3. The first-order valence-electron chi connectivity index (χ1n) is 7.77.